The molecule has 1 aliphatic heterocycles. The minimum absolute atomic E-state index is 0.0505. The molecule has 17 heavy (non-hydrogen) atoms. The standard InChI is InChI=1S/C12H25N3OS/c1-2-11-10-15(8-9-17-11)7-5-3-4-6-12(16)14-13/h11H,2-10,13H2,1H3,(H,14,16). The fourth-order valence-corrected chi connectivity index (χ4v) is 3.35. The van der Waals surface area contributed by atoms with Crippen molar-refractivity contribution in [2.24, 2.45) is 5.84 Å². The number of nitrogens with one attached hydrogen (secondary N) is 1. The van der Waals surface area contributed by atoms with E-state index in [0.717, 1.165) is 18.1 Å². The van der Waals surface area contributed by atoms with Gasteiger partial charge in [-0.25, -0.2) is 5.84 Å². The lowest BCUT2D eigenvalue weighted by atomic mass is 10.1. The summed E-state index contributed by atoms with van der Waals surface area (Å²) in [4.78, 5) is 13.5. The van der Waals surface area contributed by atoms with E-state index in [0.29, 0.717) is 6.42 Å². The number of carbonyl (C=O) groups excluding carboxylic acids is 1. The Labute approximate surface area is 109 Å². The van der Waals surface area contributed by atoms with Gasteiger partial charge in [-0.15, -0.1) is 0 Å². The predicted octanol–water partition coefficient (Wildman–Crippen LogP) is 1.36. The SMILES string of the molecule is CCC1CN(CCCCCC(=O)NN)CCS1. The Morgan fingerprint density at radius 2 is 2.29 bits per heavy atom. The van der Waals surface area contributed by atoms with Gasteiger partial charge in [0.15, 0.2) is 0 Å². The van der Waals surface area contributed by atoms with Gasteiger partial charge in [0.25, 0.3) is 0 Å². The largest absolute Gasteiger partial charge is 0.301 e. The molecule has 1 atom stereocenters. The molecule has 1 unspecified atom stereocenters. The Bertz CT molecular complexity index is 226. The first-order valence-corrected chi connectivity index (χ1v) is 7.64. The third kappa shape index (κ3) is 6.29. The Morgan fingerprint density at radius 3 is 3.00 bits per heavy atom. The van der Waals surface area contributed by atoms with Gasteiger partial charge in [0.1, 0.15) is 0 Å². The second-order valence-corrected chi connectivity index (χ2v) is 5.99. The number of hydrazine groups is 1. The first-order chi connectivity index (χ1) is 8.26. The summed E-state index contributed by atoms with van der Waals surface area (Å²) < 4.78 is 0. The van der Waals surface area contributed by atoms with Crippen molar-refractivity contribution < 1.29 is 4.79 Å². The molecule has 0 spiro atoms. The van der Waals surface area contributed by atoms with E-state index in [-0.39, 0.29) is 5.91 Å². The Hall–Kier alpha value is -0.260. The summed E-state index contributed by atoms with van der Waals surface area (Å²) >= 11 is 2.11. The lowest BCUT2D eigenvalue weighted by Gasteiger charge is -2.31. The molecular formula is C12H25N3OS. The highest BCUT2D eigenvalue weighted by Crippen LogP contribution is 2.21. The average Bonchev–Trinajstić information content (AvgIpc) is 2.38. The van der Waals surface area contributed by atoms with Gasteiger partial charge in [-0.1, -0.05) is 13.3 Å². The van der Waals surface area contributed by atoms with Crippen molar-refractivity contribution >= 4 is 17.7 Å². The Kier molecular flexibility index (Phi) is 7.64. The molecule has 1 saturated heterocycles. The minimum Gasteiger partial charge on any atom is -0.301 e. The molecule has 0 saturated carbocycles. The van der Waals surface area contributed by atoms with Crippen LogP contribution in [0.25, 0.3) is 0 Å². The molecule has 0 aromatic rings. The zero-order valence-electron chi connectivity index (χ0n) is 10.8. The quantitative estimate of drug-likeness (QED) is 0.314. The van der Waals surface area contributed by atoms with Crippen molar-refractivity contribution in [3.63, 3.8) is 0 Å². The van der Waals surface area contributed by atoms with E-state index in [1.165, 1.54) is 38.2 Å². The number of thioether (sulfide) groups is 1. The van der Waals surface area contributed by atoms with Crippen molar-refractivity contribution in [2.75, 3.05) is 25.4 Å². The molecule has 0 aliphatic carbocycles. The molecule has 4 nitrogen and oxygen atoms in total. The van der Waals surface area contributed by atoms with Crippen LogP contribution in [0.4, 0.5) is 0 Å². The summed E-state index contributed by atoms with van der Waals surface area (Å²) in [5, 5.41) is 0.826. The van der Waals surface area contributed by atoms with Crippen molar-refractivity contribution in [3.05, 3.63) is 0 Å². The van der Waals surface area contributed by atoms with Crippen molar-refractivity contribution in [1.29, 1.82) is 0 Å². The number of unbranched alkanes of at least 4 members (excludes halogenated alkanes) is 2. The number of nitrogens with two attached hydrogens (primary N) is 1. The van der Waals surface area contributed by atoms with E-state index >= 15 is 0 Å². The second kappa shape index (κ2) is 8.78. The summed E-state index contributed by atoms with van der Waals surface area (Å²) in [5.74, 6) is 6.25. The van der Waals surface area contributed by atoms with Crippen LogP contribution in [0.1, 0.15) is 39.0 Å². The number of carbonyl (C=O) groups is 1. The summed E-state index contributed by atoms with van der Waals surface area (Å²) in [5.41, 5.74) is 2.17. The van der Waals surface area contributed by atoms with Gasteiger partial charge in [-0.3, -0.25) is 10.2 Å². The highest BCUT2D eigenvalue weighted by molar-refractivity contribution is 8.00. The fourth-order valence-electron chi connectivity index (χ4n) is 2.10. The van der Waals surface area contributed by atoms with Gasteiger partial charge >= 0.3 is 0 Å². The summed E-state index contributed by atoms with van der Waals surface area (Å²) in [7, 11) is 0. The van der Waals surface area contributed by atoms with Gasteiger partial charge in [-0.05, 0) is 25.8 Å². The molecule has 0 radical (unpaired) electrons. The molecule has 0 aromatic heterocycles. The third-order valence-electron chi connectivity index (χ3n) is 3.22. The van der Waals surface area contributed by atoms with Crippen molar-refractivity contribution in [3.8, 4) is 0 Å². The molecule has 0 aromatic carbocycles. The second-order valence-electron chi connectivity index (χ2n) is 4.58. The van der Waals surface area contributed by atoms with E-state index in [9.17, 15) is 4.79 Å². The van der Waals surface area contributed by atoms with E-state index in [2.05, 4.69) is 29.0 Å². The summed E-state index contributed by atoms with van der Waals surface area (Å²) in [6, 6.07) is 0. The zero-order valence-corrected chi connectivity index (χ0v) is 11.6. The van der Waals surface area contributed by atoms with Gasteiger partial charge in [0.2, 0.25) is 5.91 Å². The monoisotopic (exact) mass is 259 g/mol. The van der Waals surface area contributed by atoms with Gasteiger partial charge in [0.05, 0.1) is 0 Å². The molecule has 100 valence electrons. The smallest absolute Gasteiger partial charge is 0.233 e. The summed E-state index contributed by atoms with van der Waals surface area (Å²) in [6.07, 6.45) is 5.09. The van der Waals surface area contributed by atoms with E-state index in [4.69, 9.17) is 5.84 Å². The molecule has 1 rings (SSSR count). The maximum Gasteiger partial charge on any atom is 0.233 e. The van der Waals surface area contributed by atoms with Gasteiger partial charge < -0.3 is 4.90 Å². The first-order valence-electron chi connectivity index (χ1n) is 6.59. The molecule has 1 fully saturated rings. The molecular weight excluding hydrogens is 234 g/mol. The third-order valence-corrected chi connectivity index (χ3v) is 4.59. The van der Waals surface area contributed by atoms with Crippen LogP contribution in [0.5, 0.6) is 0 Å². The van der Waals surface area contributed by atoms with E-state index in [1.807, 2.05) is 0 Å². The fraction of sp³-hybridized carbons (Fsp3) is 0.917. The maximum absolute atomic E-state index is 10.9. The number of hydrogen-bond acceptors (Lipinski definition) is 4. The van der Waals surface area contributed by atoms with Gasteiger partial charge in [0, 0.05) is 30.5 Å². The molecule has 1 heterocycles. The normalized spacial score (nSPS) is 21.4. The van der Waals surface area contributed by atoms with Crippen LogP contribution in [-0.4, -0.2) is 41.4 Å². The summed E-state index contributed by atoms with van der Waals surface area (Å²) in [6.45, 7) is 5.92. The first kappa shape index (κ1) is 14.8. The number of nitrogens with zero attached hydrogens (tertiary/aromatic N) is 1. The minimum atomic E-state index is -0.0505. The highest BCUT2D eigenvalue weighted by atomic mass is 32.2. The van der Waals surface area contributed by atoms with E-state index < -0.39 is 0 Å². The lowest BCUT2D eigenvalue weighted by molar-refractivity contribution is -0.121. The molecule has 5 heteroatoms. The average molecular weight is 259 g/mol. The maximum atomic E-state index is 10.9. The Morgan fingerprint density at radius 1 is 1.47 bits per heavy atom. The van der Waals surface area contributed by atoms with Crippen LogP contribution in [0, 0.1) is 0 Å². The van der Waals surface area contributed by atoms with Crippen molar-refractivity contribution in [1.82, 2.24) is 10.3 Å². The van der Waals surface area contributed by atoms with Crippen LogP contribution < -0.4 is 11.3 Å². The van der Waals surface area contributed by atoms with Crippen molar-refractivity contribution in [2.45, 2.75) is 44.3 Å². The number of rotatable bonds is 7. The topological polar surface area (TPSA) is 58.4 Å². The molecule has 3 N–H and O–H groups in total. The molecule has 1 amide bonds. The van der Waals surface area contributed by atoms with Crippen LogP contribution in [0.15, 0.2) is 0 Å². The van der Waals surface area contributed by atoms with E-state index in [1.54, 1.807) is 0 Å². The van der Waals surface area contributed by atoms with Crippen LogP contribution in [-0.2, 0) is 4.79 Å². The number of amides is 1. The van der Waals surface area contributed by atoms with Gasteiger partial charge in [-0.2, -0.15) is 11.8 Å². The molecule has 1 aliphatic rings. The molecule has 0 bridgehead atoms. The van der Waals surface area contributed by atoms with Crippen LogP contribution >= 0.6 is 11.8 Å². The van der Waals surface area contributed by atoms with Crippen LogP contribution in [0.2, 0.25) is 0 Å². The Balaban J connectivity index is 2.00. The number of hydrogen-bond donors (Lipinski definition) is 2. The zero-order chi connectivity index (χ0) is 12.5. The predicted molar refractivity (Wildman–Crippen MR) is 73.8 cm³/mol. The lowest BCUT2D eigenvalue weighted by Crippen LogP contribution is -2.38. The highest BCUT2D eigenvalue weighted by Gasteiger charge is 2.17. The van der Waals surface area contributed by atoms with Crippen LogP contribution in [0.3, 0.4) is 0 Å².